The molecule has 2 amide bonds. The van der Waals surface area contributed by atoms with Gasteiger partial charge in [0.2, 0.25) is 17.8 Å². The second-order valence-corrected chi connectivity index (χ2v) is 8.52. The highest BCUT2D eigenvalue weighted by atomic mass is 19.1. The van der Waals surface area contributed by atoms with E-state index in [-0.39, 0.29) is 36.7 Å². The fraction of sp³-hybridized carbons (Fsp3) is 0.250. The number of hydrazine groups is 2. The third-order valence-electron chi connectivity index (χ3n) is 6.09. The molecule has 6 N–H and O–H groups in total. The van der Waals surface area contributed by atoms with Crippen molar-refractivity contribution >= 4 is 46.3 Å². The normalized spacial score (nSPS) is 13.7. The standard InChI is InChI=1S/C24H27FN10O2/c1-26-21(36)12-34-19-5-3-16(7-14(19)9-29-34)31-23-18(25)11-28-24(33-23)32-17-4-6-20-15(8-17)10-30-35(20)13-22(37)27-2/h3-8,11,29-30H,9-10,12-13H2,1-2H3,(H,26,36)(H,27,37)(H2,28,31,32,33). The molecule has 0 unspecified atom stereocenters. The summed E-state index contributed by atoms with van der Waals surface area (Å²) in [5, 5.41) is 14.9. The van der Waals surface area contributed by atoms with E-state index in [1.54, 1.807) is 30.2 Å². The number of carbonyl (C=O) groups is 2. The van der Waals surface area contributed by atoms with Crippen molar-refractivity contribution < 1.29 is 14.0 Å². The summed E-state index contributed by atoms with van der Waals surface area (Å²) in [5.74, 6) is -0.523. The second kappa shape index (κ2) is 10.2. The molecular weight excluding hydrogens is 479 g/mol. The molecule has 2 aliphatic rings. The first-order valence-electron chi connectivity index (χ1n) is 11.7. The summed E-state index contributed by atoms with van der Waals surface area (Å²) in [6.45, 7) is 1.52. The maximum absolute atomic E-state index is 14.5. The van der Waals surface area contributed by atoms with Gasteiger partial charge in [-0.15, -0.1) is 0 Å². The molecule has 3 aromatic rings. The van der Waals surface area contributed by atoms with Crippen molar-refractivity contribution in [1.29, 1.82) is 0 Å². The zero-order valence-electron chi connectivity index (χ0n) is 20.4. The minimum absolute atomic E-state index is 0.0326. The zero-order valence-corrected chi connectivity index (χ0v) is 20.4. The summed E-state index contributed by atoms with van der Waals surface area (Å²) in [5.41, 5.74) is 11.5. The monoisotopic (exact) mass is 506 g/mol. The predicted octanol–water partition coefficient (Wildman–Crippen LogP) is 1.24. The van der Waals surface area contributed by atoms with E-state index in [4.69, 9.17) is 0 Å². The number of hydrogen-bond donors (Lipinski definition) is 6. The molecule has 192 valence electrons. The van der Waals surface area contributed by atoms with E-state index in [0.717, 1.165) is 34.4 Å². The largest absolute Gasteiger partial charge is 0.358 e. The van der Waals surface area contributed by atoms with Gasteiger partial charge in [0.25, 0.3) is 0 Å². The van der Waals surface area contributed by atoms with Gasteiger partial charge in [-0.05, 0) is 47.5 Å². The minimum Gasteiger partial charge on any atom is -0.358 e. The Morgan fingerprint density at radius 3 is 1.97 bits per heavy atom. The SMILES string of the molecule is CNC(=O)CN1NCc2cc(Nc3ncc(F)c(Nc4ccc5c(c4)CNN5CC(=O)NC)n3)ccc21. The molecule has 0 saturated heterocycles. The number of fused-ring (bicyclic) bond motifs is 2. The molecule has 0 fully saturated rings. The van der Waals surface area contributed by atoms with Gasteiger partial charge in [0, 0.05) is 38.6 Å². The second-order valence-electron chi connectivity index (χ2n) is 8.52. The Hall–Kier alpha value is -4.49. The van der Waals surface area contributed by atoms with Crippen LogP contribution in [-0.4, -0.2) is 49.0 Å². The molecule has 0 bridgehead atoms. The van der Waals surface area contributed by atoms with Crippen LogP contribution in [0.15, 0.2) is 42.6 Å². The van der Waals surface area contributed by atoms with Crippen molar-refractivity contribution in [2.24, 2.45) is 0 Å². The number of aromatic nitrogens is 2. The Labute approximate surface area is 212 Å². The van der Waals surface area contributed by atoms with Crippen molar-refractivity contribution in [3.8, 4) is 0 Å². The average molecular weight is 507 g/mol. The number of anilines is 6. The smallest absolute Gasteiger partial charge is 0.240 e. The van der Waals surface area contributed by atoms with Gasteiger partial charge in [-0.2, -0.15) is 4.98 Å². The van der Waals surface area contributed by atoms with E-state index in [1.165, 1.54) is 0 Å². The molecule has 12 nitrogen and oxygen atoms in total. The molecule has 2 aromatic carbocycles. The van der Waals surface area contributed by atoms with Crippen LogP contribution < -0.4 is 42.1 Å². The number of likely N-dealkylation sites (N-methyl/N-ethyl adjacent to an activating group) is 2. The van der Waals surface area contributed by atoms with Crippen molar-refractivity contribution in [2.45, 2.75) is 13.1 Å². The number of rotatable bonds is 8. The summed E-state index contributed by atoms with van der Waals surface area (Å²) < 4.78 is 14.5. The number of carbonyl (C=O) groups excluding carboxylic acids is 2. The number of benzene rings is 2. The summed E-state index contributed by atoms with van der Waals surface area (Å²) in [6.07, 6.45) is 1.11. The number of nitrogens with zero attached hydrogens (tertiary/aromatic N) is 4. The number of halogens is 1. The van der Waals surface area contributed by atoms with Gasteiger partial charge in [0.15, 0.2) is 11.6 Å². The van der Waals surface area contributed by atoms with E-state index < -0.39 is 5.82 Å². The highest BCUT2D eigenvalue weighted by Crippen LogP contribution is 2.31. The molecular formula is C24H27FN10O2. The summed E-state index contributed by atoms with van der Waals surface area (Å²) in [6, 6.07) is 11.2. The number of amides is 2. The van der Waals surface area contributed by atoms with Crippen LogP contribution in [0.5, 0.6) is 0 Å². The van der Waals surface area contributed by atoms with Crippen LogP contribution in [0.25, 0.3) is 0 Å². The molecule has 3 heterocycles. The lowest BCUT2D eigenvalue weighted by Gasteiger charge is -2.18. The fourth-order valence-corrected chi connectivity index (χ4v) is 4.18. The van der Waals surface area contributed by atoms with Crippen LogP contribution >= 0.6 is 0 Å². The molecule has 13 heteroatoms. The molecule has 0 spiro atoms. The van der Waals surface area contributed by atoms with E-state index in [2.05, 4.69) is 42.1 Å². The zero-order chi connectivity index (χ0) is 25.9. The van der Waals surface area contributed by atoms with Crippen LogP contribution in [0.4, 0.5) is 38.9 Å². The van der Waals surface area contributed by atoms with Gasteiger partial charge >= 0.3 is 0 Å². The molecule has 0 aliphatic carbocycles. The van der Waals surface area contributed by atoms with Crippen LogP contribution in [-0.2, 0) is 22.7 Å². The van der Waals surface area contributed by atoms with E-state index in [1.807, 2.05) is 30.3 Å². The first-order valence-corrected chi connectivity index (χ1v) is 11.7. The third kappa shape index (κ3) is 5.22. The van der Waals surface area contributed by atoms with Gasteiger partial charge in [0.1, 0.15) is 13.1 Å². The maximum atomic E-state index is 14.5. The van der Waals surface area contributed by atoms with Gasteiger partial charge in [-0.25, -0.2) is 20.2 Å². The fourth-order valence-electron chi connectivity index (χ4n) is 4.18. The molecule has 2 aliphatic heterocycles. The first-order chi connectivity index (χ1) is 17.9. The van der Waals surface area contributed by atoms with Crippen molar-refractivity contribution in [3.63, 3.8) is 0 Å². The summed E-state index contributed by atoms with van der Waals surface area (Å²) >= 11 is 0. The lowest BCUT2D eigenvalue weighted by molar-refractivity contribution is -0.120. The van der Waals surface area contributed by atoms with Crippen LogP contribution in [0.1, 0.15) is 11.1 Å². The topological polar surface area (TPSA) is 139 Å². The Balaban J connectivity index is 1.28. The number of hydrogen-bond acceptors (Lipinski definition) is 10. The quantitative estimate of drug-likeness (QED) is 0.265. The third-order valence-corrected chi connectivity index (χ3v) is 6.09. The van der Waals surface area contributed by atoms with Gasteiger partial charge < -0.3 is 21.3 Å². The van der Waals surface area contributed by atoms with E-state index in [9.17, 15) is 14.0 Å². The maximum Gasteiger partial charge on any atom is 0.240 e. The van der Waals surface area contributed by atoms with Gasteiger partial charge in [-0.3, -0.25) is 19.6 Å². The highest BCUT2D eigenvalue weighted by Gasteiger charge is 2.22. The van der Waals surface area contributed by atoms with Crippen molar-refractivity contribution in [2.75, 3.05) is 47.8 Å². The summed E-state index contributed by atoms with van der Waals surface area (Å²) in [7, 11) is 3.19. The van der Waals surface area contributed by atoms with Crippen molar-refractivity contribution in [1.82, 2.24) is 31.5 Å². The van der Waals surface area contributed by atoms with E-state index in [0.29, 0.717) is 18.8 Å². The van der Waals surface area contributed by atoms with E-state index >= 15 is 0 Å². The number of nitrogens with one attached hydrogen (secondary N) is 6. The first kappa shape index (κ1) is 24.2. The Bertz CT molecular complexity index is 1350. The lowest BCUT2D eigenvalue weighted by atomic mass is 10.1. The highest BCUT2D eigenvalue weighted by molar-refractivity contribution is 5.82. The molecule has 5 rings (SSSR count). The van der Waals surface area contributed by atoms with Gasteiger partial charge in [0.05, 0.1) is 17.6 Å². The van der Waals surface area contributed by atoms with Gasteiger partial charge in [-0.1, -0.05) is 0 Å². The molecule has 37 heavy (non-hydrogen) atoms. The Morgan fingerprint density at radius 2 is 1.43 bits per heavy atom. The minimum atomic E-state index is -0.589. The molecule has 0 atom stereocenters. The Morgan fingerprint density at radius 1 is 0.892 bits per heavy atom. The van der Waals surface area contributed by atoms with Crippen molar-refractivity contribution in [3.05, 3.63) is 59.5 Å². The molecule has 1 aromatic heterocycles. The van der Waals surface area contributed by atoms with Crippen LogP contribution in [0.3, 0.4) is 0 Å². The lowest BCUT2D eigenvalue weighted by Crippen LogP contribution is -2.40. The van der Waals surface area contributed by atoms with Crippen LogP contribution in [0, 0.1) is 5.82 Å². The van der Waals surface area contributed by atoms with Crippen LogP contribution in [0.2, 0.25) is 0 Å². The molecule has 0 radical (unpaired) electrons. The molecule has 0 saturated carbocycles. The Kier molecular flexibility index (Phi) is 6.70. The summed E-state index contributed by atoms with van der Waals surface area (Å²) in [4.78, 5) is 31.8. The predicted molar refractivity (Wildman–Crippen MR) is 138 cm³/mol. The average Bonchev–Trinajstić information content (AvgIpc) is 3.49.